The molecular formula is C35H43N5O5. The lowest BCUT2D eigenvalue weighted by atomic mass is 9.78. The Kier molecular flexibility index (Phi) is 10.4. The van der Waals surface area contributed by atoms with Crippen molar-refractivity contribution >= 4 is 17.8 Å². The molecule has 5 rings (SSSR count). The zero-order valence-electron chi connectivity index (χ0n) is 26.6. The highest BCUT2D eigenvalue weighted by atomic mass is 16.6. The molecule has 10 nitrogen and oxygen atoms in total. The number of benzene rings is 1. The number of hydrogen-bond acceptors (Lipinski definition) is 8. The van der Waals surface area contributed by atoms with Crippen molar-refractivity contribution in [1.82, 2.24) is 15.3 Å². The van der Waals surface area contributed by atoms with Gasteiger partial charge in [-0.2, -0.15) is 5.26 Å². The summed E-state index contributed by atoms with van der Waals surface area (Å²) in [5.74, 6) is 2.63. The highest BCUT2D eigenvalue weighted by molar-refractivity contribution is 5.94. The predicted octanol–water partition coefficient (Wildman–Crippen LogP) is 6.96. The van der Waals surface area contributed by atoms with E-state index in [1.807, 2.05) is 43.0 Å². The summed E-state index contributed by atoms with van der Waals surface area (Å²) < 4.78 is 16.5. The van der Waals surface area contributed by atoms with Crippen LogP contribution in [-0.4, -0.2) is 48.8 Å². The third kappa shape index (κ3) is 7.64. The molecule has 3 aromatic rings. The second kappa shape index (κ2) is 14.6. The fourth-order valence-electron chi connectivity index (χ4n) is 6.57. The Morgan fingerprint density at radius 3 is 2.49 bits per heavy atom. The molecule has 0 atom stereocenters. The quantitative estimate of drug-likeness (QED) is 0.274. The number of nitriles is 1. The Balaban J connectivity index is 1.32. The number of carbonyl (C=O) groups is 2. The minimum absolute atomic E-state index is 0.0667. The van der Waals surface area contributed by atoms with E-state index in [9.17, 15) is 14.9 Å². The van der Waals surface area contributed by atoms with E-state index in [0.29, 0.717) is 67.1 Å². The van der Waals surface area contributed by atoms with Crippen LogP contribution in [0.25, 0.3) is 11.3 Å². The second-order valence-corrected chi connectivity index (χ2v) is 12.5. The first kappa shape index (κ1) is 32.0. The molecule has 1 N–H and O–H groups in total. The molecule has 10 heteroatoms. The van der Waals surface area contributed by atoms with Crippen molar-refractivity contribution in [3.05, 3.63) is 59.8 Å². The standard InChI is InChI=1S/C35H43N5O5/c1-22(2)33-39-30(21-44-33)27-15-16-38-32(18-27)40(34(41)25-9-12-29(13-10-25)45-35(42)37-3)20-23-5-7-24(8-6-23)26-11-14-31(43-4)28(17-26)19-36/h11,14-18,21-25,29H,5-10,12-13,20H2,1-4H3,(H,37,42)/t23-,24-,25-,29-. The van der Waals surface area contributed by atoms with Crippen molar-refractivity contribution in [3.8, 4) is 23.1 Å². The summed E-state index contributed by atoms with van der Waals surface area (Å²) in [5.41, 5.74) is 3.30. The molecule has 0 unspecified atom stereocenters. The number of hydrogen-bond donors (Lipinski definition) is 1. The van der Waals surface area contributed by atoms with Crippen LogP contribution in [0.3, 0.4) is 0 Å². The van der Waals surface area contributed by atoms with Gasteiger partial charge in [-0.15, -0.1) is 0 Å². The maximum Gasteiger partial charge on any atom is 0.407 e. The number of anilines is 1. The lowest BCUT2D eigenvalue weighted by molar-refractivity contribution is -0.124. The van der Waals surface area contributed by atoms with Crippen LogP contribution in [0.5, 0.6) is 5.75 Å². The van der Waals surface area contributed by atoms with Gasteiger partial charge in [0.2, 0.25) is 5.91 Å². The number of oxazole rings is 1. The Morgan fingerprint density at radius 1 is 1.09 bits per heavy atom. The lowest BCUT2D eigenvalue weighted by Gasteiger charge is -2.35. The molecule has 0 saturated heterocycles. The van der Waals surface area contributed by atoms with E-state index in [0.717, 1.165) is 42.5 Å². The minimum Gasteiger partial charge on any atom is -0.495 e. The SMILES string of the molecule is CNC(=O)O[C@H]1CC[C@H](C(=O)N(C[C@H]2CC[C@H](c3ccc(OC)c(C#N)c3)CC2)c2cc(-c3coc(C(C)C)n3)ccn2)CC1. The Bertz CT molecular complexity index is 1510. The molecule has 2 aromatic heterocycles. The van der Waals surface area contributed by atoms with Gasteiger partial charge in [0.25, 0.3) is 0 Å². The van der Waals surface area contributed by atoms with Gasteiger partial charge in [0.1, 0.15) is 35.7 Å². The molecule has 238 valence electrons. The molecule has 45 heavy (non-hydrogen) atoms. The van der Waals surface area contributed by atoms with Gasteiger partial charge < -0.3 is 19.2 Å². The van der Waals surface area contributed by atoms with Gasteiger partial charge in [-0.05, 0) is 93.0 Å². The minimum atomic E-state index is -0.435. The number of nitrogens with one attached hydrogen (secondary N) is 1. The van der Waals surface area contributed by atoms with Crippen LogP contribution in [0, 0.1) is 23.2 Å². The first-order valence-electron chi connectivity index (χ1n) is 16.0. The zero-order chi connectivity index (χ0) is 31.9. The van der Waals surface area contributed by atoms with Crippen LogP contribution >= 0.6 is 0 Å². The highest BCUT2D eigenvalue weighted by Gasteiger charge is 2.34. The molecule has 2 fully saturated rings. The third-order valence-electron chi connectivity index (χ3n) is 9.20. The van der Waals surface area contributed by atoms with Crippen molar-refractivity contribution < 1.29 is 23.5 Å². The summed E-state index contributed by atoms with van der Waals surface area (Å²) in [6, 6.07) is 12.0. The van der Waals surface area contributed by atoms with Crippen molar-refractivity contribution in [2.45, 2.75) is 83.2 Å². The van der Waals surface area contributed by atoms with Gasteiger partial charge in [-0.25, -0.2) is 14.8 Å². The number of carbonyl (C=O) groups excluding carboxylic acids is 2. The van der Waals surface area contributed by atoms with Crippen LogP contribution in [0.1, 0.15) is 94.1 Å². The first-order valence-corrected chi connectivity index (χ1v) is 16.0. The largest absolute Gasteiger partial charge is 0.495 e. The molecule has 1 aromatic carbocycles. The summed E-state index contributed by atoms with van der Waals surface area (Å²) in [7, 11) is 3.13. The van der Waals surface area contributed by atoms with E-state index in [2.05, 4.69) is 27.4 Å². The maximum atomic E-state index is 14.2. The second-order valence-electron chi connectivity index (χ2n) is 12.5. The molecule has 2 amide bonds. The lowest BCUT2D eigenvalue weighted by Crippen LogP contribution is -2.42. The summed E-state index contributed by atoms with van der Waals surface area (Å²) >= 11 is 0. The van der Waals surface area contributed by atoms with Gasteiger partial charge in [0.05, 0.1) is 12.7 Å². The van der Waals surface area contributed by atoms with Crippen molar-refractivity contribution in [1.29, 1.82) is 5.26 Å². The molecular weight excluding hydrogens is 570 g/mol. The molecule has 2 saturated carbocycles. The molecule has 2 aliphatic rings. The van der Waals surface area contributed by atoms with Gasteiger partial charge in [-0.3, -0.25) is 9.69 Å². The number of methoxy groups -OCH3 is 1. The fourth-order valence-corrected chi connectivity index (χ4v) is 6.57. The van der Waals surface area contributed by atoms with Gasteiger partial charge >= 0.3 is 6.09 Å². The smallest absolute Gasteiger partial charge is 0.407 e. The zero-order valence-corrected chi connectivity index (χ0v) is 26.6. The number of pyridine rings is 1. The normalized spacial score (nSPS) is 21.5. The van der Waals surface area contributed by atoms with Gasteiger partial charge in [0, 0.05) is 37.2 Å². The van der Waals surface area contributed by atoms with Crippen molar-refractivity contribution in [3.63, 3.8) is 0 Å². The van der Waals surface area contributed by atoms with E-state index >= 15 is 0 Å². The average molecular weight is 614 g/mol. The molecule has 2 heterocycles. The van der Waals surface area contributed by atoms with E-state index in [4.69, 9.17) is 13.9 Å². The number of nitrogens with zero attached hydrogens (tertiary/aromatic N) is 4. The monoisotopic (exact) mass is 613 g/mol. The van der Waals surface area contributed by atoms with Crippen LogP contribution in [0.15, 0.2) is 47.2 Å². The summed E-state index contributed by atoms with van der Waals surface area (Å²) in [6.45, 7) is 4.65. The topological polar surface area (TPSA) is 131 Å². The number of rotatable bonds is 9. The summed E-state index contributed by atoms with van der Waals surface area (Å²) in [4.78, 5) is 37.1. The van der Waals surface area contributed by atoms with Crippen LogP contribution < -0.4 is 15.0 Å². The Hall–Kier alpha value is -4.39. The van der Waals surface area contributed by atoms with E-state index in [-0.39, 0.29) is 23.8 Å². The average Bonchev–Trinajstić information content (AvgIpc) is 3.58. The van der Waals surface area contributed by atoms with E-state index in [1.54, 1.807) is 26.6 Å². The summed E-state index contributed by atoms with van der Waals surface area (Å²) in [5, 5.41) is 12.1. The highest BCUT2D eigenvalue weighted by Crippen LogP contribution is 2.39. The number of amides is 2. The molecule has 0 radical (unpaired) electrons. The van der Waals surface area contributed by atoms with Gasteiger partial charge in [0.15, 0.2) is 5.89 Å². The van der Waals surface area contributed by atoms with Crippen LogP contribution in [-0.2, 0) is 9.53 Å². The van der Waals surface area contributed by atoms with Crippen molar-refractivity contribution in [2.24, 2.45) is 11.8 Å². The molecule has 0 bridgehead atoms. The van der Waals surface area contributed by atoms with E-state index in [1.165, 1.54) is 0 Å². The number of alkyl carbamates (subject to hydrolysis) is 1. The number of ether oxygens (including phenoxy) is 2. The van der Waals surface area contributed by atoms with Crippen LogP contribution in [0.2, 0.25) is 0 Å². The van der Waals surface area contributed by atoms with E-state index < -0.39 is 6.09 Å². The molecule has 2 aliphatic carbocycles. The molecule has 0 aliphatic heterocycles. The Labute approximate surface area is 265 Å². The van der Waals surface area contributed by atoms with Crippen molar-refractivity contribution in [2.75, 3.05) is 25.6 Å². The Morgan fingerprint density at radius 2 is 1.84 bits per heavy atom. The summed E-state index contributed by atoms with van der Waals surface area (Å²) in [6.07, 6.45) is 9.29. The van der Waals surface area contributed by atoms with Gasteiger partial charge in [-0.1, -0.05) is 19.9 Å². The third-order valence-corrected chi connectivity index (χ3v) is 9.20. The number of aromatic nitrogens is 2. The molecule has 0 spiro atoms. The predicted molar refractivity (Wildman–Crippen MR) is 170 cm³/mol. The maximum absolute atomic E-state index is 14.2. The first-order chi connectivity index (χ1) is 21.8. The van der Waals surface area contributed by atoms with Crippen LogP contribution in [0.4, 0.5) is 10.6 Å². The fraction of sp³-hybridized carbons (Fsp3) is 0.514.